The monoisotopic (exact) mass is 361 g/mol. The van der Waals surface area contributed by atoms with E-state index >= 15 is 0 Å². The molecule has 1 amide bonds. The van der Waals surface area contributed by atoms with Crippen LogP contribution in [0.5, 0.6) is 5.75 Å². The zero-order valence-electron chi connectivity index (χ0n) is 13.4. The van der Waals surface area contributed by atoms with E-state index in [-0.39, 0.29) is 5.91 Å². The molecule has 2 aromatic heterocycles. The minimum Gasteiger partial charge on any atom is -0.495 e. The van der Waals surface area contributed by atoms with Crippen molar-refractivity contribution in [2.24, 2.45) is 0 Å². The van der Waals surface area contributed by atoms with E-state index in [9.17, 15) is 4.79 Å². The number of aryl methyl sites for hydroxylation is 2. The molecular weight excluding hydrogens is 346 g/mol. The molecule has 0 radical (unpaired) electrons. The number of fused-ring (bicyclic) bond motifs is 1. The van der Waals surface area contributed by atoms with E-state index in [1.165, 1.54) is 18.4 Å². The highest BCUT2D eigenvalue weighted by Gasteiger charge is 2.19. The van der Waals surface area contributed by atoms with Gasteiger partial charge in [-0.05, 0) is 43.7 Å². The number of hydrogen-bond donors (Lipinski definition) is 2. The summed E-state index contributed by atoms with van der Waals surface area (Å²) in [6.07, 6.45) is 0. The van der Waals surface area contributed by atoms with E-state index in [4.69, 9.17) is 22.1 Å². The molecule has 7 heteroatoms. The van der Waals surface area contributed by atoms with Crippen LogP contribution in [0.2, 0.25) is 5.02 Å². The second kappa shape index (κ2) is 6.30. The first kappa shape index (κ1) is 16.5. The third-order valence-electron chi connectivity index (χ3n) is 3.78. The molecule has 0 saturated heterocycles. The molecule has 0 bridgehead atoms. The SMILES string of the molecule is COc1ccc(Cl)cc1NC(=O)c1sc2nc(C)c(C)cc2c1N. The van der Waals surface area contributed by atoms with Gasteiger partial charge in [-0.15, -0.1) is 11.3 Å². The van der Waals surface area contributed by atoms with Crippen LogP contribution in [0.1, 0.15) is 20.9 Å². The molecule has 0 aliphatic heterocycles. The quantitative estimate of drug-likeness (QED) is 0.724. The maximum atomic E-state index is 12.6. The zero-order chi connectivity index (χ0) is 17.4. The summed E-state index contributed by atoms with van der Waals surface area (Å²) in [6, 6.07) is 6.98. The van der Waals surface area contributed by atoms with Crippen LogP contribution in [0.4, 0.5) is 11.4 Å². The Morgan fingerprint density at radius 3 is 2.79 bits per heavy atom. The molecule has 0 unspecified atom stereocenters. The van der Waals surface area contributed by atoms with Gasteiger partial charge >= 0.3 is 0 Å². The number of nitrogens with zero attached hydrogens (tertiary/aromatic N) is 1. The van der Waals surface area contributed by atoms with Crippen molar-refractivity contribution < 1.29 is 9.53 Å². The van der Waals surface area contributed by atoms with Crippen LogP contribution in [-0.2, 0) is 0 Å². The number of benzene rings is 1. The highest BCUT2D eigenvalue weighted by Crippen LogP contribution is 2.35. The Labute approximate surface area is 148 Å². The standard InChI is InChI=1S/C17H16ClN3O2S/c1-8-6-11-14(19)15(24-17(11)20-9(8)2)16(22)21-12-7-10(18)4-5-13(12)23-3/h4-7H,19H2,1-3H3,(H,21,22). The van der Waals surface area contributed by atoms with Crippen LogP contribution in [0.3, 0.4) is 0 Å². The predicted octanol–water partition coefficient (Wildman–Crippen LogP) is 4.41. The van der Waals surface area contributed by atoms with Gasteiger partial charge in [0.2, 0.25) is 0 Å². The van der Waals surface area contributed by atoms with Crippen LogP contribution >= 0.6 is 22.9 Å². The highest BCUT2D eigenvalue weighted by molar-refractivity contribution is 7.21. The fourth-order valence-corrected chi connectivity index (χ4v) is 3.54. The average Bonchev–Trinajstić information content (AvgIpc) is 2.85. The van der Waals surface area contributed by atoms with Crippen molar-refractivity contribution in [3.05, 3.63) is 45.4 Å². The normalized spacial score (nSPS) is 10.8. The van der Waals surface area contributed by atoms with Crippen LogP contribution in [0.25, 0.3) is 10.2 Å². The fraction of sp³-hybridized carbons (Fsp3) is 0.176. The molecule has 5 nitrogen and oxygen atoms in total. The summed E-state index contributed by atoms with van der Waals surface area (Å²) in [5.41, 5.74) is 9.05. The Bertz CT molecular complexity index is 953. The number of anilines is 2. The number of rotatable bonds is 3. The number of amides is 1. The van der Waals surface area contributed by atoms with E-state index in [2.05, 4.69) is 10.3 Å². The number of nitrogen functional groups attached to an aromatic ring is 1. The number of hydrogen-bond acceptors (Lipinski definition) is 5. The van der Waals surface area contributed by atoms with Gasteiger partial charge in [-0.25, -0.2) is 4.98 Å². The molecule has 2 heterocycles. The Morgan fingerprint density at radius 1 is 1.33 bits per heavy atom. The molecule has 0 fully saturated rings. The van der Waals surface area contributed by atoms with Crippen molar-refractivity contribution in [3.8, 4) is 5.75 Å². The van der Waals surface area contributed by atoms with Crippen molar-refractivity contribution in [1.82, 2.24) is 4.98 Å². The summed E-state index contributed by atoms with van der Waals surface area (Å²) in [5, 5.41) is 4.10. The summed E-state index contributed by atoms with van der Waals surface area (Å²) in [7, 11) is 1.53. The molecule has 0 aliphatic rings. The van der Waals surface area contributed by atoms with Gasteiger partial charge in [0, 0.05) is 16.1 Å². The molecule has 3 aromatic rings. The third kappa shape index (κ3) is 2.90. The fourth-order valence-electron chi connectivity index (χ4n) is 2.35. The summed E-state index contributed by atoms with van der Waals surface area (Å²) in [6.45, 7) is 3.90. The Morgan fingerprint density at radius 2 is 2.08 bits per heavy atom. The highest BCUT2D eigenvalue weighted by atomic mass is 35.5. The van der Waals surface area contributed by atoms with Gasteiger partial charge < -0.3 is 15.8 Å². The van der Waals surface area contributed by atoms with Gasteiger partial charge in [0.1, 0.15) is 15.5 Å². The van der Waals surface area contributed by atoms with Crippen molar-refractivity contribution in [1.29, 1.82) is 0 Å². The van der Waals surface area contributed by atoms with Crippen molar-refractivity contribution in [2.75, 3.05) is 18.2 Å². The largest absolute Gasteiger partial charge is 0.495 e. The number of halogens is 1. The van der Waals surface area contributed by atoms with E-state index in [0.29, 0.717) is 27.0 Å². The molecule has 0 atom stereocenters. The molecular formula is C17H16ClN3O2S. The molecule has 124 valence electrons. The number of carbonyl (C=O) groups is 1. The maximum Gasteiger partial charge on any atom is 0.268 e. The van der Waals surface area contributed by atoms with Gasteiger partial charge in [-0.2, -0.15) is 0 Å². The number of nitrogens with one attached hydrogen (secondary N) is 1. The van der Waals surface area contributed by atoms with Gasteiger partial charge in [-0.1, -0.05) is 11.6 Å². The lowest BCUT2D eigenvalue weighted by Crippen LogP contribution is -2.12. The lowest BCUT2D eigenvalue weighted by molar-refractivity contribution is 0.103. The Hall–Kier alpha value is -2.31. The van der Waals surface area contributed by atoms with E-state index in [0.717, 1.165) is 21.5 Å². The van der Waals surface area contributed by atoms with Crippen LogP contribution in [-0.4, -0.2) is 18.0 Å². The topological polar surface area (TPSA) is 77.2 Å². The number of carbonyl (C=O) groups excluding carboxylic acids is 1. The van der Waals surface area contributed by atoms with Gasteiger partial charge in [0.05, 0.1) is 18.5 Å². The minimum atomic E-state index is -0.314. The molecule has 0 saturated carbocycles. The minimum absolute atomic E-state index is 0.314. The van der Waals surface area contributed by atoms with Gasteiger partial charge in [0.15, 0.2) is 0 Å². The molecule has 24 heavy (non-hydrogen) atoms. The average molecular weight is 362 g/mol. The first-order valence-electron chi connectivity index (χ1n) is 7.21. The molecule has 3 rings (SSSR count). The molecule has 3 N–H and O–H groups in total. The van der Waals surface area contributed by atoms with E-state index < -0.39 is 0 Å². The summed E-state index contributed by atoms with van der Waals surface area (Å²) in [5.74, 6) is 0.212. The first-order valence-corrected chi connectivity index (χ1v) is 8.41. The summed E-state index contributed by atoms with van der Waals surface area (Å²) in [4.78, 5) is 18.3. The lowest BCUT2D eigenvalue weighted by atomic mass is 10.1. The van der Waals surface area contributed by atoms with E-state index in [1.54, 1.807) is 18.2 Å². The number of pyridine rings is 1. The van der Waals surface area contributed by atoms with Gasteiger partial charge in [-0.3, -0.25) is 4.79 Å². The summed E-state index contributed by atoms with van der Waals surface area (Å²) < 4.78 is 5.24. The lowest BCUT2D eigenvalue weighted by Gasteiger charge is -2.10. The maximum absolute atomic E-state index is 12.6. The Balaban J connectivity index is 2.00. The molecule has 1 aromatic carbocycles. The van der Waals surface area contributed by atoms with Crippen molar-refractivity contribution >= 4 is 50.4 Å². The summed E-state index contributed by atoms with van der Waals surface area (Å²) >= 11 is 7.26. The van der Waals surface area contributed by atoms with Crippen molar-refractivity contribution in [3.63, 3.8) is 0 Å². The smallest absolute Gasteiger partial charge is 0.268 e. The van der Waals surface area contributed by atoms with Crippen LogP contribution in [0.15, 0.2) is 24.3 Å². The zero-order valence-corrected chi connectivity index (χ0v) is 15.0. The number of thiophene rings is 1. The number of nitrogens with two attached hydrogens (primary N) is 1. The molecule has 0 aliphatic carbocycles. The third-order valence-corrected chi connectivity index (χ3v) is 5.13. The van der Waals surface area contributed by atoms with E-state index in [1.807, 2.05) is 19.9 Å². The Kier molecular flexibility index (Phi) is 4.34. The van der Waals surface area contributed by atoms with Crippen LogP contribution < -0.4 is 15.8 Å². The second-order valence-corrected chi connectivity index (χ2v) is 6.82. The first-order chi connectivity index (χ1) is 11.4. The van der Waals surface area contributed by atoms with Gasteiger partial charge in [0.25, 0.3) is 5.91 Å². The number of aromatic nitrogens is 1. The predicted molar refractivity (Wildman–Crippen MR) is 99.5 cm³/mol. The number of methoxy groups -OCH3 is 1. The number of ether oxygens (including phenoxy) is 1. The van der Waals surface area contributed by atoms with Crippen LogP contribution in [0, 0.1) is 13.8 Å². The second-order valence-electron chi connectivity index (χ2n) is 5.39. The molecule has 0 spiro atoms. The van der Waals surface area contributed by atoms with Crippen molar-refractivity contribution in [2.45, 2.75) is 13.8 Å².